The Labute approximate surface area is 147 Å². The van der Waals surface area contributed by atoms with Crippen molar-refractivity contribution in [2.24, 2.45) is 0 Å². The third kappa shape index (κ3) is 4.00. The Morgan fingerprint density at radius 3 is 2.58 bits per heavy atom. The molecule has 2 aromatic heterocycles. The first kappa shape index (κ1) is 17.1. The van der Waals surface area contributed by atoms with Gasteiger partial charge in [0.25, 0.3) is 0 Å². The Kier molecular flexibility index (Phi) is 5.27. The minimum absolute atomic E-state index is 0.136. The molecular formula is C16H25N7S. The maximum atomic E-state index is 5.85. The van der Waals surface area contributed by atoms with Crippen LogP contribution in [0.15, 0.2) is 16.8 Å². The van der Waals surface area contributed by atoms with Crippen LogP contribution in [-0.4, -0.2) is 65.0 Å². The van der Waals surface area contributed by atoms with E-state index in [0.717, 1.165) is 38.5 Å². The smallest absolute Gasteiger partial charge is 0.229 e. The molecule has 0 saturated carbocycles. The summed E-state index contributed by atoms with van der Waals surface area (Å²) in [6, 6.07) is 2.34. The third-order valence-corrected chi connectivity index (χ3v) is 5.10. The van der Waals surface area contributed by atoms with E-state index in [2.05, 4.69) is 48.5 Å². The Bertz CT molecular complexity index is 650. The number of piperazine rings is 1. The van der Waals surface area contributed by atoms with Gasteiger partial charge in [-0.15, -0.1) is 0 Å². The summed E-state index contributed by atoms with van der Waals surface area (Å²) in [6.07, 6.45) is 0. The lowest BCUT2D eigenvalue weighted by Crippen LogP contribution is -2.46. The van der Waals surface area contributed by atoms with Crippen molar-refractivity contribution in [3.8, 4) is 0 Å². The molecule has 8 heteroatoms. The summed E-state index contributed by atoms with van der Waals surface area (Å²) in [7, 11) is 3.82. The highest BCUT2D eigenvalue weighted by Gasteiger charge is 2.24. The molecule has 0 aromatic carbocycles. The van der Waals surface area contributed by atoms with Gasteiger partial charge < -0.3 is 10.6 Å². The molecule has 0 spiro atoms. The summed E-state index contributed by atoms with van der Waals surface area (Å²) in [5.41, 5.74) is 7.25. The van der Waals surface area contributed by atoms with E-state index in [1.807, 2.05) is 19.0 Å². The molecule has 3 rings (SSSR count). The highest BCUT2D eigenvalue weighted by atomic mass is 32.1. The molecule has 1 aliphatic rings. The fraction of sp³-hybridized carbons (Fsp3) is 0.562. The summed E-state index contributed by atoms with van der Waals surface area (Å²) in [5.74, 6) is 1.64. The van der Waals surface area contributed by atoms with Gasteiger partial charge in [-0.3, -0.25) is 9.80 Å². The molecule has 2 aromatic rings. The van der Waals surface area contributed by atoms with E-state index in [0.29, 0.717) is 5.95 Å². The molecule has 0 aliphatic carbocycles. The molecule has 7 nitrogen and oxygen atoms in total. The molecule has 1 saturated heterocycles. The van der Waals surface area contributed by atoms with Crippen LogP contribution in [0.1, 0.15) is 24.4 Å². The van der Waals surface area contributed by atoms with Crippen molar-refractivity contribution in [2.75, 3.05) is 50.9 Å². The highest BCUT2D eigenvalue weighted by Crippen LogP contribution is 2.21. The first-order valence-electron chi connectivity index (χ1n) is 8.19. The van der Waals surface area contributed by atoms with Crippen molar-refractivity contribution in [1.82, 2.24) is 24.8 Å². The molecule has 0 unspecified atom stereocenters. The number of nitrogen functional groups attached to an aromatic ring is 1. The molecule has 1 aliphatic heterocycles. The van der Waals surface area contributed by atoms with Gasteiger partial charge in [0.1, 0.15) is 0 Å². The number of nitrogens with two attached hydrogens (primary N) is 1. The number of anilines is 2. The fourth-order valence-corrected chi connectivity index (χ4v) is 3.56. The van der Waals surface area contributed by atoms with Crippen LogP contribution in [0.2, 0.25) is 0 Å². The quantitative estimate of drug-likeness (QED) is 0.877. The monoisotopic (exact) mass is 347 g/mol. The lowest BCUT2D eigenvalue weighted by Gasteiger charge is -2.37. The number of thiophene rings is 1. The van der Waals surface area contributed by atoms with Gasteiger partial charge in [0, 0.05) is 46.8 Å². The molecule has 130 valence electrons. The van der Waals surface area contributed by atoms with Gasteiger partial charge in [0.2, 0.25) is 11.9 Å². The summed E-state index contributed by atoms with van der Waals surface area (Å²) in [4.78, 5) is 19.8. The van der Waals surface area contributed by atoms with Crippen molar-refractivity contribution in [3.63, 3.8) is 0 Å². The van der Waals surface area contributed by atoms with Gasteiger partial charge in [-0.2, -0.15) is 26.3 Å². The second kappa shape index (κ2) is 7.42. The van der Waals surface area contributed by atoms with Crippen LogP contribution in [0.25, 0.3) is 0 Å². The second-order valence-corrected chi connectivity index (χ2v) is 7.15. The Morgan fingerprint density at radius 1 is 1.21 bits per heavy atom. The Hall–Kier alpha value is -1.77. The van der Waals surface area contributed by atoms with Gasteiger partial charge in [-0.25, -0.2) is 0 Å². The summed E-state index contributed by atoms with van der Waals surface area (Å²) in [6.45, 7) is 7.31. The largest absolute Gasteiger partial charge is 0.368 e. The standard InChI is InChI=1S/C16H25N7S/c1-12(14-18-15(17)20-16(19-14)21(2)3)23-7-5-22(6-8-23)10-13-4-9-24-11-13/h4,9,11-12H,5-8,10H2,1-3H3,(H2,17,18,19,20)/t12-/m0/s1. The molecule has 3 heterocycles. The van der Waals surface area contributed by atoms with E-state index < -0.39 is 0 Å². The minimum atomic E-state index is 0.136. The number of aromatic nitrogens is 3. The predicted molar refractivity (Wildman–Crippen MR) is 98.2 cm³/mol. The minimum Gasteiger partial charge on any atom is -0.368 e. The van der Waals surface area contributed by atoms with E-state index >= 15 is 0 Å². The molecular weight excluding hydrogens is 322 g/mol. The van der Waals surface area contributed by atoms with Crippen molar-refractivity contribution in [3.05, 3.63) is 28.2 Å². The lowest BCUT2D eigenvalue weighted by atomic mass is 10.2. The normalized spacial score (nSPS) is 17.8. The molecule has 0 radical (unpaired) electrons. The van der Waals surface area contributed by atoms with Crippen molar-refractivity contribution in [2.45, 2.75) is 19.5 Å². The van der Waals surface area contributed by atoms with Crippen LogP contribution in [0.4, 0.5) is 11.9 Å². The van der Waals surface area contributed by atoms with Gasteiger partial charge in [-0.1, -0.05) is 0 Å². The van der Waals surface area contributed by atoms with Crippen molar-refractivity contribution in [1.29, 1.82) is 0 Å². The summed E-state index contributed by atoms with van der Waals surface area (Å²) < 4.78 is 0. The van der Waals surface area contributed by atoms with Crippen LogP contribution < -0.4 is 10.6 Å². The first-order valence-corrected chi connectivity index (χ1v) is 9.13. The van der Waals surface area contributed by atoms with Crippen LogP contribution in [0.5, 0.6) is 0 Å². The lowest BCUT2D eigenvalue weighted by molar-refractivity contribution is 0.0948. The van der Waals surface area contributed by atoms with Crippen LogP contribution in [0, 0.1) is 0 Å². The van der Waals surface area contributed by atoms with Crippen LogP contribution >= 0.6 is 11.3 Å². The molecule has 24 heavy (non-hydrogen) atoms. The number of hydrogen-bond acceptors (Lipinski definition) is 8. The van der Waals surface area contributed by atoms with Gasteiger partial charge in [-0.05, 0) is 29.3 Å². The van der Waals surface area contributed by atoms with Crippen molar-refractivity contribution >= 4 is 23.2 Å². The molecule has 0 bridgehead atoms. The van der Waals surface area contributed by atoms with Crippen LogP contribution in [-0.2, 0) is 6.54 Å². The van der Waals surface area contributed by atoms with E-state index in [1.165, 1.54) is 5.56 Å². The van der Waals surface area contributed by atoms with Gasteiger partial charge in [0.05, 0.1) is 6.04 Å². The van der Waals surface area contributed by atoms with E-state index in [9.17, 15) is 0 Å². The maximum Gasteiger partial charge on any atom is 0.229 e. The van der Waals surface area contributed by atoms with E-state index in [1.54, 1.807) is 11.3 Å². The third-order valence-electron chi connectivity index (χ3n) is 4.37. The number of hydrogen-bond donors (Lipinski definition) is 1. The summed E-state index contributed by atoms with van der Waals surface area (Å²) in [5, 5.41) is 4.37. The molecule has 2 N–H and O–H groups in total. The zero-order valence-corrected chi connectivity index (χ0v) is 15.3. The zero-order chi connectivity index (χ0) is 17.1. The molecule has 0 amide bonds. The maximum absolute atomic E-state index is 5.85. The SMILES string of the molecule is C[C@@H](c1nc(N)nc(N(C)C)n1)N1CCN(Cc2ccsc2)CC1. The van der Waals surface area contributed by atoms with Gasteiger partial charge in [0.15, 0.2) is 5.82 Å². The fourth-order valence-electron chi connectivity index (χ4n) is 2.90. The van der Waals surface area contributed by atoms with E-state index in [4.69, 9.17) is 5.73 Å². The van der Waals surface area contributed by atoms with E-state index in [-0.39, 0.29) is 12.0 Å². The average Bonchev–Trinajstić information content (AvgIpc) is 3.07. The second-order valence-electron chi connectivity index (χ2n) is 6.37. The Balaban J connectivity index is 1.61. The zero-order valence-electron chi connectivity index (χ0n) is 14.5. The van der Waals surface area contributed by atoms with Crippen LogP contribution in [0.3, 0.4) is 0 Å². The molecule has 1 fully saturated rings. The van der Waals surface area contributed by atoms with Gasteiger partial charge >= 0.3 is 0 Å². The topological polar surface area (TPSA) is 74.4 Å². The predicted octanol–water partition coefficient (Wildman–Crippen LogP) is 1.46. The number of rotatable bonds is 5. The van der Waals surface area contributed by atoms with Crippen molar-refractivity contribution < 1.29 is 0 Å². The highest BCUT2D eigenvalue weighted by molar-refractivity contribution is 7.07. The average molecular weight is 347 g/mol. The first-order chi connectivity index (χ1) is 11.5. The summed E-state index contributed by atoms with van der Waals surface area (Å²) >= 11 is 1.76. The molecule has 1 atom stereocenters. The Morgan fingerprint density at radius 2 is 1.96 bits per heavy atom. The number of nitrogens with zero attached hydrogens (tertiary/aromatic N) is 6.